The summed E-state index contributed by atoms with van der Waals surface area (Å²) in [6, 6.07) is -0.183. The van der Waals surface area contributed by atoms with Crippen molar-refractivity contribution >= 4 is 5.91 Å². The van der Waals surface area contributed by atoms with Crippen LogP contribution in [-0.2, 0) is 4.79 Å². The lowest BCUT2D eigenvalue weighted by Gasteiger charge is -2.27. The van der Waals surface area contributed by atoms with Crippen LogP contribution < -0.4 is 11.2 Å². The molecule has 1 amide bonds. The molecule has 3 N–H and O–H groups in total. The third-order valence-corrected chi connectivity index (χ3v) is 2.37. The standard InChI is InChI=1S/C10H19N3O/c1-2-3-7-12-10(14)9-6-4-5-8-13(9)11/h4-5,9H,2-3,6-8,11H2,1H3,(H,12,14). The second-order valence-electron chi connectivity index (χ2n) is 3.56. The van der Waals surface area contributed by atoms with E-state index in [1.54, 1.807) is 5.01 Å². The molecule has 1 atom stereocenters. The maximum atomic E-state index is 11.6. The monoisotopic (exact) mass is 197 g/mol. The first-order valence-corrected chi connectivity index (χ1v) is 5.19. The molecule has 1 heterocycles. The number of hydrogen-bond donors (Lipinski definition) is 2. The molecule has 4 nitrogen and oxygen atoms in total. The highest BCUT2D eigenvalue weighted by Crippen LogP contribution is 2.06. The molecule has 0 fully saturated rings. The Morgan fingerprint density at radius 2 is 2.43 bits per heavy atom. The lowest BCUT2D eigenvalue weighted by atomic mass is 10.1. The maximum Gasteiger partial charge on any atom is 0.239 e. The molecule has 0 saturated heterocycles. The van der Waals surface area contributed by atoms with E-state index in [1.807, 2.05) is 12.2 Å². The van der Waals surface area contributed by atoms with E-state index in [0.717, 1.165) is 19.4 Å². The van der Waals surface area contributed by atoms with Gasteiger partial charge in [0.25, 0.3) is 0 Å². The van der Waals surface area contributed by atoms with Gasteiger partial charge in [-0.1, -0.05) is 25.5 Å². The van der Waals surface area contributed by atoms with E-state index in [9.17, 15) is 4.79 Å². The Morgan fingerprint density at radius 3 is 3.07 bits per heavy atom. The van der Waals surface area contributed by atoms with Crippen LogP contribution in [0.5, 0.6) is 0 Å². The molecule has 0 spiro atoms. The molecule has 1 unspecified atom stereocenters. The number of nitrogens with zero attached hydrogens (tertiary/aromatic N) is 1. The number of unbranched alkanes of at least 4 members (excludes halogenated alkanes) is 1. The summed E-state index contributed by atoms with van der Waals surface area (Å²) in [5.41, 5.74) is 0. The van der Waals surface area contributed by atoms with Gasteiger partial charge in [0, 0.05) is 13.1 Å². The van der Waals surface area contributed by atoms with Crippen molar-refractivity contribution in [3.05, 3.63) is 12.2 Å². The highest BCUT2D eigenvalue weighted by molar-refractivity contribution is 5.82. The van der Waals surface area contributed by atoms with Crippen LogP contribution in [0.2, 0.25) is 0 Å². The van der Waals surface area contributed by atoms with Crippen LogP contribution >= 0.6 is 0 Å². The molecule has 0 aromatic rings. The van der Waals surface area contributed by atoms with Gasteiger partial charge in [-0.25, -0.2) is 5.01 Å². The Hall–Kier alpha value is -0.870. The van der Waals surface area contributed by atoms with E-state index in [2.05, 4.69) is 12.2 Å². The number of carbonyl (C=O) groups is 1. The van der Waals surface area contributed by atoms with Crippen molar-refractivity contribution in [1.82, 2.24) is 10.3 Å². The summed E-state index contributed by atoms with van der Waals surface area (Å²) in [6.45, 7) is 3.51. The number of nitrogens with one attached hydrogen (secondary N) is 1. The summed E-state index contributed by atoms with van der Waals surface area (Å²) >= 11 is 0. The zero-order valence-corrected chi connectivity index (χ0v) is 8.70. The summed E-state index contributed by atoms with van der Waals surface area (Å²) in [7, 11) is 0. The summed E-state index contributed by atoms with van der Waals surface area (Å²) < 4.78 is 0. The average molecular weight is 197 g/mol. The molecule has 0 aromatic heterocycles. The van der Waals surface area contributed by atoms with Crippen molar-refractivity contribution in [3.63, 3.8) is 0 Å². The Labute approximate surface area is 85.1 Å². The van der Waals surface area contributed by atoms with Crippen LogP contribution in [0.4, 0.5) is 0 Å². The molecule has 1 rings (SSSR count). The second-order valence-corrected chi connectivity index (χ2v) is 3.56. The van der Waals surface area contributed by atoms with Crippen LogP contribution in [0.25, 0.3) is 0 Å². The lowest BCUT2D eigenvalue weighted by molar-refractivity contribution is -0.126. The molecule has 0 aliphatic carbocycles. The molecule has 1 aliphatic rings. The first-order valence-electron chi connectivity index (χ1n) is 5.19. The average Bonchev–Trinajstić information content (AvgIpc) is 2.18. The van der Waals surface area contributed by atoms with Crippen LogP contribution in [0.3, 0.4) is 0 Å². The van der Waals surface area contributed by atoms with Gasteiger partial charge in [0.15, 0.2) is 0 Å². The first-order chi connectivity index (χ1) is 6.75. The third kappa shape index (κ3) is 3.12. The molecule has 0 radical (unpaired) electrons. The van der Waals surface area contributed by atoms with Crippen molar-refractivity contribution in [2.45, 2.75) is 32.2 Å². The van der Waals surface area contributed by atoms with Gasteiger partial charge in [-0.2, -0.15) is 0 Å². The number of rotatable bonds is 4. The molecule has 0 aromatic carbocycles. The van der Waals surface area contributed by atoms with E-state index in [0.29, 0.717) is 13.0 Å². The summed E-state index contributed by atoms with van der Waals surface area (Å²) in [6.07, 6.45) is 6.83. The van der Waals surface area contributed by atoms with Gasteiger partial charge < -0.3 is 5.32 Å². The Morgan fingerprint density at radius 1 is 1.64 bits per heavy atom. The summed E-state index contributed by atoms with van der Waals surface area (Å²) in [4.78, 5) is 11.6. The Kier molecular flexibility index (Phi) is 4.62. The van der Waals surface area contributed by atoms with Crippen molar-refractivity contribution in [3.8, 4) is 0 Å². The van der Waals surface area contributed by atoms with E-state index in [-0.39, 0.29) is 11.9 Å². The second kappa shape index (κ2) is 5.78. The number of hydrazine groups is 1. The van der Waals surface area contributed by atoms with E-state index >= 15 is 0 Å². The highest BCUT2D eigenvalue weighted by atomic mass is 16.2. The Bertz CT molecular complexity index is 215. The van der Waals surface area contributed by atoms with Gasteiger partial charge in [-0.15, -0.1) is 0 Å². The molecule has 0 bridgehead atoms. The molecule has 14 heavy (non-hydrogen) atoms. The largest absolute Gasteiger partial charge is 0.355 e. The minimum absolute atomic E-state index is 0.0466. The normalized spacial score (nSPS) is 22.3. The predicted octanol–water partition coefficient (Wildman–Crippen LogP) is 0.407. The van der Waals surface area contributed by atoms with Gasteiger partial charge >= 0.3 is 0 Å². The number of carbonyl (C=O) groups excluding carboxylic acids is 1. The van der Waals surface area contributed by atoms with Gasteiger partial charge in [0.05, 0.1) is 0 Å². The fourth-order valence-corrected chi connectivity index (χ4v) is 1.45. The van der Waals surface area contributed by atoms with Gasteiger partial charge in [-0.05, 0) is 12.8 Å². The lowest BCUT2D eigenvalue weighted by Crippen LogP contribution is -2.51. The summed E-state index contributed by atoms with van der Waals surface area (Å²) in [5.74, 6) is 5.75. The quantitative estimate of drug-likeness (QED) is 0.390. The van der Waals surface area contributed by atoms with Gasteiger partial charge in [0.1, 0.15) is 6.04 Å². The van der Waals surface area contributed by atoms with Crippen molar-refractivity contribution in [2.75, 3.05) is 13.1 Å². The number of hydrogen-bond acceptors (Lipinski definition) is 3. The SMILES string of the molecule is CCCCNC(=O)C1CC=CCN1N. The highest BCUT2D eigenvalue weighted by Gasteiger charge is 2.23. The zero-order valence-electron chi connectivity index (χ0n) is 8.70. The third-order valence-electron chi connectivity index (χ3n) is 2.37. The van der Waals surface area contributed by atoms with Crippen LogP contribution in [0.15, 0.2) is 12.2 Å². The number of nitrogens with two attached hydrogens (primary N) is 1. The zero-order chi connectivity index (χ0) is 10.4. The predicted molar refractivity (Wildman–Crippen MR) is 56.4 cm³/mol. The summed E-state index contributed by atoms with van der Waals surface area (Å²) in [5, 5.41) is 4.47. The van der Waals surface area contributed by atoms with E-state index in [1.165, 1.54) is 0 Å². The van der Waals surface area contributed by atoms with Gasteiger partial charge in [-0.3, -0.25) is 10.6 Å². The minimum Gasteiger partial charge on any atom is -0.355 e. The van der Waals surface area contributed by atoms with E-state index < -0.39 is 0 Å². The topological polar surface area (TPSA) is 58.4 Å². The van der Waals surface area contributed by atoms with E-state index in [4.69, 9.17) is 5.84 Å². The molecule has 4 heteroatoms. The molecule has 80 valence electrons. The minimum atomic E-state index is -0.183. The van der Waals surface area contributed by atoms with Crippen molar-refractivity contribution in [2.24, 2.45) is 5.84 Å². The smallest absolute Gasteiger partial charge is 0.239 e. The van der Waals surface area contributed by atoms with Crippen LogP contribution in [0.1, 0.15) is 26.2 Å². The van der Waals surface area contributed by atoms with Crippen LogP contribution in [-0.4, -0.2) is 30.0 Å². The Balaban J connectivity index is 2.32. The molecular weight excluding hydrogens is 178 g/mol. The fourth-order valence-electron chi connectivity index (χ4n) is 1.45. The first kappa shape index (κ1) is 11.2. The van der Waals surface area contributed by atoms with Crippen LogP contribution in [0, 0.1) is 0 Å². The molecular formula is C10H19N3O. The van der Waals surface area contributed by atoms with Gasteiger partial charge in [0.2, 0.25) is 5.91 Å². The molecule has 1 aliphatic heterocycles. The van der Waals surface area contributed by atoms with Crippen molar-refractivity contribution in [1.29, 1.82) is 0 Å². The molecule has 0 saturated carbocycles. The van der Waals surface area contributed by atoms with Crippen molar-refractivity contribution < 1.29 is 4.79 Å². The maximum absolute atomic E-state index is 11.6. The number of amides is 1. The fraction of sp³-hybridized carbons (Fsp3) is 0.700.